The lowest BCUT2D eigenvalue weighted by Crippen LogP contribution is -2.64. The molecule has 2 aliphatic rings. The van der Waals surface area contributed by atoms with E-state index >= 15 is 0 Å². The van der Waals surface area contributed by atoms with Gasteiger partial charge in [-0.05, 0) is 49.7 Å². The molecule has 2 aromatic rings. The summed E-state index contributed by atoms with van der Waals surface area (Å²) in [7, 11) is -2.56. The Kier molecular flexibility index (Phi) is 20.6. The highest BCUT2D eigenvalue weighted by molar-refractivity contribution is 7.80. The van der Waals surface area contributed by atoms with Crippen LogP contribution in [0.25, 0.3) is 0 Å². The first kappa shape index (κ1) is 56.3. The number of piperidine rings is 1. The number of cyclic esters (lactones) is 1. The van der Waals surface area contributed by atoms with E-state index in [0.717, 1.165) is 12.0 Å². The fourth-order valence-electron chi connectivity index (χ4n) is 7.94. The molecule has 4 rings (SSSR count). The van der Waals surface area contributed by atoms with E-state index in [1.165, 1.54) is 45.7 Å². The third-order valence-electron chi connectivity index (χ3n) is 12.3. The number of rotatable bonds is 15. The van der Waals surface area contributed by atoms with E-state index in [-0.39, 0.29) is 25.7 Å². The maximum absolute atomic E-state index is 15.0. The summed E-state index contributed by atoms with van der Waals surface area (Å²) in [5.41, 5.74) is 0.841. The molecule has 2 aromatic carbocycles. The van der Waals surface area contributed by atoms with E-state index in [9.17, 15) is 51.9 Å². The minimum absolute atomic E-state index is 0.0620. The molecule has 0 unspecified atom stereocenters. The van der Waals surface area contributed by atoms with Crippen LogP contribution >= 0.6 is 0 Å². The van der Waals surface area contributed by atoms with E-state index in [1.807, 2.05) is 0 Å². The van der Waals surface area contributed by atoms with Gasteiger partial charge in [-0.15, -0.1) is 0 Å². The second kappa shape index (κ2) is 25.5. The van der Waals surface area contributed by atoms with E-state index in [1.54, 1.807) is 74.5 Å². The maximum Gasteiger partial charge on any atom is 0.397 e. The van der Waals surface area contributed by atoms with Crippen LogP contribution < -0.4 is 26.6 Å². The smallest absolute Gasteiger partial charge is 0.397 e. The second-order valence-corrected chi connectivity index (χ2v) is 18.6. The van der Waals surface area contributed by atoms with Crippen LogP contribution in [0.2, 0.25) is 0 Å². The fourth-order valence-corrected chi connectivity index (χ4v) is 8.24. The molecule has 0 radical (unpaired) electrons. The SMILES string of the molecule is C/C=C1\NC(=O)[C@@H](NC(=O)[C@@H](NC(=O)[C@@H](COS(=O)(=O)O)OC)C(C)C)[C@@H](C)OC(=O)[C@H]([C@@H](C)CC)NC(=O)[C@H](Cc2ccccc2)N(C)C(=O)[C@H](Cc2ccccc2)N2C(=O)[C@H](CC[C@H]2O)NC1=O. The molecular weight excluding hydrogens is 935 g/mol. The molecular formula is C47H65N7O15S. The summed E-state index contributed by atoms with van der Waals surface area (Å²) in [6, 6.07) is 8.69. The van der Waals surface area contributed by atoms with Gasteiger partial charge in [0.2, 0.25) is 23.6 Å². The zero-order chi connectivity index (χ0) is 52.0. The third kappa shape index (κ3) is 15.1. The van der Waals surface area contributed by atoms with E-state index in [4.69, 9.17) is 14.0 Å². The van der Waals surface area contributed by atoms with Crippen molar-refractivity contribution in [1.29, 1.82) is 0 Å². The average Bonchev–Trinajstić information content (AvgIpc) is 3.32. The Hall–Kier alpha value is -6.27. The number of ether oxygens (including phenoxy) is 2. The Morgan fingerprint density at radius 3 is 2.00 bits per heavy atom. The zero-order valence-electron chi connectivity index (χ0n) is 40.4. The van der Waals surface area contributed by atoms with Crippen molar-refractivity contribution in [3.63, 3.8) is 0 Å². The zero-order valence-corrected chi connectivity index (χ0v) is 41.3. The molecule has 0 saturated carbocycles. The molecule has 70 heavy (non-hydrogen) atoms. The summed E-state index contributed by atoms with van der Waals surface area (Å²) in [6.07, 6.45) is -3.52. The minimum Gasteiger partial charge on any atom is -0.458 e. The van der Waals surface area contributed by atoms with E-state index in [0.29, 0.717) is 17.5 Å². The molecule has 7 N–H and O–H groups in total. The summed E-state index contributed by atoms with van der Waals surface area (Å²) in [6.45, 7) is 8.19. The number of amides is 7. The normalized spacial score (nSPS) is 25.3. The molecule has 22 nitrogen and oxygen atoms in total. The monoisotopic (exact) mass is 999 g/mol. The van der Waals surface area contributed by atoms with Crippen molar-refractivity contribution in [2.45, 2.75) is 128 Å². The molecule has 23 heteroatoms. The Morgan fingerprint density at radius 2 is 1.47 bits per heavy atom. The lowest BCUT2D eigenvalue weighted by atomic mass is 9.95. The number of nitrogens with zero attached hydrogens (tertiary/aromatic N) is 2. The molecule has 2 bridgehead atoms. The predicted molar refractivity (Wildman–Crippen MR) is 250 cm³/mol. The van der Waals surface area contributed by atoms with Gasteiger partial charge in [0.25, 0.3) is 17.7 Å². The van der Waals surface area contributed by atoms with Crippen LogP contribution in [0.5, 0.6) is 0 Å². The van der Waals surface area contributed by atoms with Crippen molar-refractivity contribution in [2.75, 3.05) is 20.8 Å². The highest BCUT2D eigenvalue weighted by Crippen LogP contribution is 2.25. The number of allylic oxidation sites excluding steroid dienone is 1. The topological polar surface area (TPSA) is 305 Å². The molecule has 10 atom stereocenters. The van der Waals surface area contributed by atoms with Crippen molar-refractivity contribution >= 4 is 57.7 Å². The second-order valence-electron chi connectivity index (χ2n) is 17.5. The standard InChI is InChI=1S/C47H65N7O15S/c1-9-27(5)38-47(63)69-28(6)39(52-43(59)37(26(3)4)50-42(58)35(67-8)25-68-70(64,65)66)44(60)48-31(10-2)40(56)49-32-21-22-36(55)54(45(32)61)34(24-30-19-15-12-16-20-30)46(62)53(7)33(41(57)51-38)23-29-17-13-11-14-18-29/h10-20,26-28,32-39,55H,9,21-25H2,1-8H3,(H,48,60)(H,49,56)(H,50,58)(H,51,57)(H,52,59)(H,64,65,66)/b31-10-/t27-,28+,32-,33-,34-,35+,36+,37-,38-,39-/m0/s1. The highest BCUT2D eigenvalue weighted by atomic mass is 32.3. The Morgan fingerprint density at radius 1 is 0.886 bits per heavy atom. The number of aliphatic hydroxyl groups is 1. The molecule has 2 aliphatic heterocycles. The van der Waals surface area contributed by atoms with Crippen LogP contribution in [0.1, 0.15) is 71.9 Å². The van der Waals surface area contributed by atoms with Gasteiger partial charge in [0.05, 0.1) is 0 Å². The van der Waals surface area contributed by atoms with Gasteiger partial charge in [0, 0.05) is 27.0 Å². The Bertz CT molecular complexity index is 2340. The van der Waals surface area contributed by atoms with E-state index < -0.39 is 137 Å². The predicted octanol–water partition coefficient (Wildman–Crippen LogP) is 0.0492. The van der Waals surface area contributed by atoms with Gasteiger partial charge in [-0.25, -0.2) is 8.98 Å². The van der Waals surface area contributed by atoms with Gasteiger partial charge >= 0.3 is 16.4 Å². The number of carbonyl (C=O) groups excluding carboxylic acids is 8. The number of esters is 1. The Labute approximate surface area is 407 Å². The maximum atomic E-state index is 15.0. The first-order chi connectivity index (χ1) is 33.0. The highest BCUT2D eigenvalue weighted by Gasteiger charge is 2.46. The summed E-state index contributed by atoms with van der Waals surface area (Å²) in [5.74, 6) is -8.85. The van der Waals surface area contributed by atoms with Gasteiger partial charge in [0.1, 0.15) is 60.9 Å². The van der Waals surface area contributed by atoms with E-state index in [2.05, 4.69) is 30.8 Å². The van der Waals surface area contributed by atoms with Crippen LogP contribution in [0.3, 0.4) is 0 Å². The number of likely N-dealkylation sites (N-methyl/N-ethyl adjacent to an activating group) is 1. The molecule has 384 valence electrons. The van der Waals surface area contributed by atoms with Crippen molar-refractivity contribution < 1.29 is 70.1 Å². The molecule has 2 saturated heterocycles. The first-order valence-corrected chi connectivity index (χ1v) is 24.3. The lowest BCUT2D eigenvalue weighted by Gasteiger charge is -2.43. The number of hydrogen-bond donors (Lipinski definition) is 7. The lowest BCUT2D eigenvalue weighted by molar-refractivity contribution is -0.165. The van der Waals surface area contributed by atoms with Crippen molar-refractivity contribution in [3.05, 3.63) is 83.6 Å². The molecule has 2 fully saturated rings. The number of nitrogens with one attached hydrogen (secondary N) is 5. The average molecular weight is 1000 g/mol. The van der Waals surface area contributed by atoms with Crippen LogP contribution in [0, 0.1) is 11.8 Å². The first-order valence-electron chi connectivity index (χ1n) is 22.9. The minimum atomic E-state index is -4.98. The summed E-state index contributed by atoms with van der Waals surface area (Å²) in [4.78, 5) is 116. The summed E-state index contributed by atoms with van der Waals surface area (Å²) >= 11 is 0. The number of benzene rings is 2. The third-order valence-corrected chi connectivity index (χ3v) is 12.7. The van der Waals surface area contributed by atoms with Crippen molar-refractivity contribution in [1.82, 2.24) is 36.4 Å². The molecule has 7 amide bonds. The van der Waals surface area contributed by atoms with Gasteiger partial charge in [0.15, 0.2) is 6.10 Å². The van der Waals surface area contributed by atoms with Gasteiger partial charge in [-0.1, -0.05) is 101 Å². The van der Waals surface area contributed by atoms with Gasteiger partial charge < -0.3 is 51.0 Å². The largest absolute Gasteiger partial charge is 0.458 e. The molecule has 0 aromatic heterocycles. The van der Waals surface area contributed by atoms with Crippen molar-refractivity contribution in [3.8, 4) is 0 Å². The van der Waals surface area contributed by atoms with Crippen molar-refractivity contribution in [2.24, 2.45) is 11.8 Å². The van der Waals surface area contributed by atoms with Gasteiger partial charge in [-0.2, -0.15) is 8.42 Å². The molecule has 0 aliphatic carbocycles. The van der Waals surface area contributed by atoms with Crippen LogP contribution in [-0.2, 0) is 75.3 Å². The number of carbonyl (C=O) groups is 8. The van der Waals surface area contributed by atoms with Crippen LogP contribution in [-0.4, -0.2) is 151 Å². The summed E-state index contributed by atoms with van der Waals surface area (Å²) in [5, 5.41) is 24.2. The molecule has 0 spiro atoms. The summed E-state index contributed by atoms with van der Waals surface area (Å²) < 4.78 is 46.6. The van der Waals surface area contributed by atoms with Crippen LogP contribution in [0.4, 0.5) is 0 Å². The number of hydrogen-bond acceptors (Lipinski definition) is 14. The fraction of sp³-hybridized carbons (Fsp3) is 0.532. The van der Waals surface area contributed by atoms with Crippen LogP contribution in [0.15, 0.2) is 72.4 Å². The number of fused-ring (bicyclic) bond motifs is 2. The number of aliphatic hydroxyl groups excluding tert-OH is 1. The quantitative estimate of drug-likeness (QED) is 0.0705. The number of methoxy groups -OCH3 is 1. The Balaban J connectivity index is 1.83. The molecule has 2 heterocycles. The van der Waals surface area contributed by atoms with Gasteiger partial charge in [-0.3, -0.25) is 38.1 Å².